The molecule has 0 spiro atoms. The number of nitriles is 1. The van der Waals surface area contributed by atoms with Crippen molar-refractivity contribution in [2.45, 2.75) is 43.4 Å². The number of benzene rings is 2. The van der Waals surface area contributed by atoms with Gasteiger partial charge in [-0.1, -0.05) is 17.7 Å². The van der Waals surface area contributed by atoms with Crippen LogP contribution in [0.5, 0.6) is 5.75 Å². The Morgan fingerprint density at radius 3 is 2.56 bits per heavy atom. The highest BCUT2D eigenvalue weighted by Gasteiger charge is 2.40. The number of aromatic hydroxyl groups is 1. The summed E-state index contributed by atoms with van der Waals surface area (Å²) >= 11 is 6.07. The van der Waals surface area contributed by atoms with Crippen LogP contribution in [0, 0.1) is 18.3 Å². The number of rotatable bonds is 6. The fraction of sp³-hybridized carbons (Fsp3) is 0.345. The smallest absolute Gasteiger partial charge is 0.417 e. The molecular weight excluding hydrogens is 639 g/mol. The number of nitrogens with zero attached hydrogens (tertiary/aromatic N) is 5. The average Bonchev–Trinajstić information content (AvgIpc) is 3.48. The Morgan fingerprint density at radius 1 is 1.16 bits per heavy atom. The molecule has 5 rings (SSSR count). The molecule has 0 saturated carbocycles. The monoisotopic (exact) mass is 663 g/mol. The number of halogens is 4. The molecule has 45 heavy (non-hydrogen) atoms. The summed E-state index contributed by atoms with van der Waals surface area (Å²) in [6.07, 6.45) is -4.21. The highest BCUT2D eigenvalue weighted by molar-refractivity contribution is 7.91. The van der Waals surface area contributed by atoms with Gasteiger partial charge >= 0.3 is 11.7 Å². The van der Waals surface area contributed by atoms with Gasteiger partial charge in [-0.2, -0.15) is 23.4 Å². The first-order valence-electron chi connectivity index (χ1n) is 13.7. The number of alkyl halides is 3. The van der Waals surface area contributed by atoms with Gasteiger partial charge in [0.25, 0.3) is 11.8 Å². The highest BCUT2D eigenvalue weighted by atomic mass is 35.5. The van der Waals surface area contributed by atoms with E-state index in [-0.39, 0.29) is 53.9 Å². The molecule has 236 valence electrons. The van der Waals surface area contributed by atoms with E-state index in [0.717, 1.165) is 12.1 Å². The van der Waals surface area contributed by atoms with Crippen molar-refractivity contribution in [2.24, 2.45) is 0 Å². The first-order chi connectivity index (χ1) is 21.1. The van der Waals surface area contributed by atoms with Gasteiger partial charge in [0.15, 0.2) is 15.5 Å². The van der Waals surface area contributed by atoms with Gasteiger partial charge in [0, 0.05) is 36.8 Å². The Kier molecular flexibility index (Phi) is 8.41. The van der Waals surface area contributed by atoms with E-state index in [1.807, 2.05) is 0 Å². The zero-order valence-corrected chi connectivity index (χ0v) is 25.2. The van der Waals surface area contributed by atoms with Crippen molar-refractivity contribution in [1.29, 1.82) is 5.26 Å². The van der Waals surface area contributed by atoms with Crippen LogP contribution in [0.15, 0.2) is 46.1 Å². The molecule has 0 unspecified atom stereocenters. The number of fused-ring (bicyclic) bond motifs is 1. The third-order valence-electron chi connectivity index (χ3n) is 7.91. The van der Waals surface area contributed by atoms with Crippen LogP contribution in [-0.2, 0) is 22.6 Å². The lowest BCUT2D eigenvalue weighted by Gasteiger charge is -2.33. The molecule has 1 atom stereocenters. The van der Waals surface area contributed by atoms with Gasteiger partial charge in [-0.25, -0.2) is 8.42 Å². The predicted molar refractivity (Wildman–Crippen MR) is 153 cm³/mol. The maximum Gasteiger partial charge on any atom is 0.417 e. The van der Waals surface area contributed by atoms with Gasteiger partial charge in [-0.15, -0.1) is 0 Å². The summed E-state index contributed by atoms with van der Waals surface area (Å²) in [5, 5.41) is 19.9. The van der Waals surface area contributed by atoms with Crippen molar-refractivity contribution in [1.82, 2.24) is 19.4 Å². The van der Waals surface area contributed by atoms with E-state index in [0.29, 0.717) is 18.1 Å². The van der Waals surface area contributed by atoms with Gasteiger partial charge in [-0.05, 0) is 55.7 Å². The minimum absolute atomic E-state index is 0.0126. The van der Waals surface area contributed by atoms with Crippen LogP contribution in [0.2, 0.25) is 5.02 Å². The zero-order valence-electron chi connectivity index (χ0n) is 23.6. The number of carbonyl (C=O) groups is 2. The Bertz CT molecular complexity index is 1940. The van der Waals surface area contributed by atoms with E-state index in [9.17, 15) is 41.1 Å². The number of aromatic nitrogens is 2. The molecule has 0 bridgehead atoms. The van der Waals surface area contributed by atoms with Crippen molar-refractivity contribution in [3.63, 3.8) is 0 Å². The minimum Gasteiger partial charge on any atom is -0.501 e. The molecule has 1 saturated heterocycles. The second-order valence-corrected chi connectivity index (χ2v) is 13.2. The maximum atomic E-state index is 13.6. The van der Waals surface area contributed by atoms with Gasteiger partial charge in [-0.3, -0.25) is 14.4 Å². The molecule has 3 heterocycles. The van der Waals surface area contributed by atoms with E-state index in [1.165, 1.54) is 32.6 Å². The van der Waals surface area contributed by atoms with Gasteiger partial charge in [0.2, 0.25) is 5.75 Å². The molecule has 1 aromatic heterocycles. The molecule has 3 aromatic rings. The molecule has 2 aromatic carbocycles. The highest BCUT2D eigenvalue weighted by Crippen LogP contribution is 2.36. The summed E-state index contributed by atoms with van der Waals surface area (Å²) in [5.41, 5.74) is -3.12. The number of likely N-dealkylation sites (tertiary alicyclic amines) is 1. The normalized spacial score (nSPS) is 16.9. The number of aryl methyl sites for hydroxylation is 1. The lowest BCUT2D eigenvalue weighted by molar-refractivity contribution is -0.137. The van der Waals surface area contributed by atoms with Gasteiger partial charge < -0.3 is 19.5 Å². The summed E-state index contributed by atoms with van der Waals surface area (Å²) in [5.74, 6) is -3.06. The SMILES string of the molecule is Cc1ccc(S(=O)(=O)CCN2CCn3c([C@@H]4CCCN4C(=O)c4ccc(C#N)c(C(F)(F)F)c4)nc(=O)c(O)c3C2=O)cc1Cl. The minimum atomic E-state index is -4.88. The third kappa shape index (κ3) is 5.99. The van der Waals surface area contributed by atoms with Crippen LogP contribution < -0.4 is 5.56 Å². The van der Waals surface area contributed by atoms with Gasteiger partial charge in [0.1, 0.15) is 5.82 Å². The largest absolute Gasteiger partial charge is 0.501 e. The standard InChI is InChI=1S/C29H25ClF3N5O6S/c1-16-4-7-19(14-21(16)30)45(43,44)12-11-36-9-10-38-23(28(36)42)24(39)26(40)35-25(38)22-3-2-8-37(22)27(41)17-5-6-18(15-34)20(13-17)29(31,32)33/h4-7,13-14,22,39H,2-3,8-12H2,1H3/t22-/m0/s1. The maximum absolute atomic E-state index is 13.6. The van der Waals surface area contributed by atoms with Crippen molar-refractivity contribution < 1.29 is 36.3 Å². The molecule has 2 aliphatic rings. The van der Waals surface area contributed by atoms with E-state index < -0.39 is 67.8 Å². The van der Waals surface area contributed by atoms with E-state index in [1.54, 1.807) is 13.0 Å². The number of amides is 2. The molecule has 1 N–H and O–H groups in total. The lowest BCUT2D eigenvalue weighted by atomic mass is 10.0. The molecule has 11 nitrogen and oxygen atoms in total. The number of sulfone groups is 1. The van der Waals surface area contributed by atoms with E-state index in [2.05, 4.69) is 4.98 Å². The summed E-state index contributed by atoms with van der Waals surface area (Å²) in [6, 6.07) is 7.45. The molecule has 0 aliphatic carbocycles. The van der Waals surface area contributed by atoms with Crippen LogP contribution in [0.3, 0.4) is 0 Å². The second-order valence-electron chi connectivity index (χ2n) is 10.7. The molecule has 0 radical (unpaired) electrons. The third-order valence-corrected chi connectivity index (χ3v) is 10.0. The van der Waals surface area contributed by atoms with Crippen LogP contribution in [-0.4, -0.2) is 70.1 Å². The van der Waals surface area contributed by atoms with Crippen molar-refractivity contribution >= 4 is 33.3 Å². The average molecular weight is 664 g/mol. The first kappa shape index (κ1) is 32.0. The van der Waals surface area contributed by atoms with E-state index in [4.69, 9.17) is 16.9 Å². The Labute approximate surface area is 260 Å². The van der Waals surface area contributed by atoms with Crippen LogP contribution in [0.1, 0.15) is 62.2 Å². The summed E-state index contributed by atoms with van der Waals surface area (Å²) in [7, 11) is -3.85. The fourth-order valence-electron chi connectivity index (χ4n) is 5.51. The summed E-state index contributed by atoms with van der Waals surface area (Å²) in [6.45, 7) is 1.54. The van der Waals surface area contributed by atoms with Crippen LogP contribution in [0.4, 0.5) is 13.2 Å². The number of hydrogen-bond donors (Lipinski definition) is 1. The Morgan fingerprint density at radius 2 is 1.89 bits per heavy atom. The Balaban J connectivity index is 1.43. The summed E-state index contributed by atoms with van der Waals surface area (Å²) in [4.78, 5) is 46.0. The van der Waals surface area contributed by atoms with Crippen molar-refractivity contribution in [2.75, 3.05) is 25.4 Å². The fourth-order valence-corrected chi connectivity index (χ4v) is 7.03. The lowest BCUT2D eigenvalue weighted by Crippen LogP contribution is -2.46. The quantitative estimate of drug-likeness (QED) is 0.419. The first-order valence-corrected chi connectivity index (χ1v) is 15.7. The molecular formula is C29H25ClF3N5O6S. The van der Waals surface area contributed by atoms with E-state index >= 15 is 0 Å². The summed E-state index contributed by atoms with van der Waals surface area (Å²) < 4.78 is 67.8. The second kappa shape index (κ2) is 11.8. The molecule has 2 aliphatic heterocycles. The topological polar surface area (TPSA) is 154 Å². The van der Waals surface area contributed by atoms with Gasteiger partial charge in [0.05, 0.1) is 33.9 Å². The molecule has 1 fully saturated rings. The number of carbonyl (C=O) groups excluding carboxylic acids is 2. The Hall–Kier alpha value is -4.42. The zero-order chi connectivity index (χ0) is 32.8. The van der Waals surface area contributed by atoms with Crippen LogP contribution >= 0.6 is 11.6 Å². The molecule has 16 heteroatoms. The number of hydrogen-bond acceptors (Lipinski definition) is 8. The van der Waals surface area contributed by atoms with Crippen LogP contribution in [0.25, 0.3) is 0 Å². The van der Waals surface area contributed by atoms with Crippen molar-refractivity contribution in [3.8, 4) is 11.8 Å². The van der Waals surface area contributed by atoms with Crippen molar-refractivity contribution in [3.05, 3.63) is 85.5 Å². The predicted octanol–water partition coefficient (Wildman–Crippen LogP) is 3.71. The molecule has 2 amide bonds.